The fraction of sp³-hybridized carbons (Fsp3) is 0.357. The van der Waals surface area contributed by atoms with Crippen molar-refractivity contribution in [3.05, 3.63) is 46.7 Å². The second kappa shape index (κ2) is 4.19. The summed E-state index contributed by atoms with van der Waals surface area (Å²) >= 11 is 5.90. The van der Waals surface area contributed by atoms with Gasteiger partial charge in [-0.1, -0.05) is 32.4 Å². The van der Waals surface area contributed by atoms with Crippen LogP contribution in [0.25, 0.3) is 5.69 Å². The summed E-state index contributed by atoms with van der Waals surface area (Å²) in [5.74, 6) is 0. The molecule has 0 saturated carbocycles. The number of aromatic nitrogens is 2. The Balaban J connectivity index is 2.57. The van der Waals surface area contributed by atoms with Gasteiger partial charge in [-0.2, -0.15) is 5.10 Å². The molecule has 2 nitrogen and oxygen atoms in total. The van der Waals surface area contributed by atoms with Gasteiger partial charge in [-0.15, -0.1) is 0 Å². The number of nitrogens with zero attached hydrogens (tertiary/aromatic N) is 2. The standard InChI is InChI=1S/C14H17ClN2/c1-10-9-16-17(13(10)14(2,3)4)12-7-5-11(15)6-8-12/h5-9H,1-4H3. The minimum absolute atomic E-state index is 0.0697. The molecule has 3 heteroatoms. The second-order valence-electron chi connectivity index (χ2n) is 5.31. The predicted molar refractivity (Wildman–Crippen MR) is 72.0 cm³/mol. The number of rotatable bonds is 1. The minimum Gasteiger partial charge on any atom is -0.237 e. The van der Waals surface area contributed by atoms with Gasteiger partial charge in [0.2, 0.25) is 0 Å². The van der Waals surface area contributed by atoms with Gasteiger partial charge in [-0.25, -0.2) is 4.68 Å². The van der Waals surface area contributed by atoms with Crippen LogP contribution >= 0.6 is 11.6 Å². The molecule has 0 N–H and O–H groups in total. The maximum absolute atomic E-state index is 5.90. The van der Waals surface area contributed by atoms with E-state index in [-0.39, 0.29) is 5.41 Å². The zero-order valence-electron chi connectivity index (χ0n) is 10.7. The number of halogens is 1. The Morgan fingerprint density at radius 1 is 1.12 bits per heavy atom. The van der Waals surface area contributed by atoms with Crippen molar-refractivity contribution in [2.45, 2.75) is 33.1 Å². The molecule has 2 aromatic rings. The van der Waals surface area contributed by atoms with Gasteiger partial charge in [0.15, 0.2) is 0 Å². The summed E-state index contributed by atoms with van der Waals surface area (Å²) in [6.07, 6.45) is 1.91. The van der Waals surface area contributed by atoms with E-state index in [1.807, 2.05) is 35.1 Å². The molecule has 0 amide bonds. The first-order valence-corrected chi connectivity index (χ1v) is 6.08. The third-order valence-corrected chi connectivity index (χ3v) is 2.99. The van der Waals surface area contributed by atoms with E-state index in [2.05, 4.69) is 32.8 Å². The Morgan fingerprint density at radius 3 is 2.24 bits per heavy atom. The van der Waals surface area contributed by atoms with Gasteiger partial charge in [0.1, 0.15) is 0 Å². The normalized spacial score (nSPS) is 11.8. The summed E-state index contributed by atoms with van der Waals surface area (Å²) in [5.41, 5.74) is 3.57. The van der Waals surface area contributed by atoms with Crippen LogP contribution in [0.2, 0.25) is 5.02 Å². The SMILES string of the molecule is Cc1cnn(-c2ccc(Cl)cc2)c1C(C)(C)C. The molecule has 2 rings (SSSR count). The lowest BCUT2D eigenvalue weighted by atomic mass is 9.89. The Bertz CT molecular complexity index is 518. The molecule has 90 valence electrons. The largest absolute Gasteiger partial charge is 0.237 e. The lowest BCUT2D eigenvalue weighted by molar-refractivity contribution is 0.540. The first-order valence-electron chi connectivity index (χ1n) is 5.70. The lowest BCUT2D eigenvalue weighted by Crippen LogP contribution is -2.18. The van der Waals surface area contributed by atoms with Crippen LogP contribution in [0.5, 0.6) is 0 Å². The molecular formula is C14H17ClN2. The van der Waals surface area contributed by atoms with Gasteiger partial charge >= 0.3 is 0 Å². The van der Waals surface area contributed by atoms with Crippen molar-refractivity contribution < 1.29 is 0 Å². The molecule has 1 aromatic heterocycles. The van der Waals surface area contributed by atoms with Crippen molar-refractivity contribution >= 4 is 11.6 Å². The smallest absolute Gasteiger partial charge is 0.0650 e. The summed E-state index contributed by atoms with van der Waals surface area (Å²) in [6, 6.07) is 7.76. The van der Waals surface area contributed by atoms with Crippen LogP contribution in [0.4, 0.5) is 0 Å². The van der Waals surface area contributed by atoms with E-state index < -0.39 is 0 Å². The number of hydrogen-bond acceptors (Lipinski definition) is 1. The predicted octanol–water partition coefficient (Wildman–Crippen LogP) is 4.13. The Morgan fingerprint density at radius 2 is 1.71 bits per heavy atom. The second-order valence-corrected chi connectivity index (χ2v) is 5.75. The molecule has 0 aliphatic heterocycles. The summed E-state index contributed by atoms with van der Waals surface area (Å²) in [4.78, 5) is 0. The van der Waals surface area contributed by atoms with Crippen molar-refractivity contribution in [2.24, 2.45) is 0 Å². The molecule has 0 fully saturated rings. The molecule has 0 bridgehead atoms. The highest BCUT2D eigenvalue weighted by Crippen LogP contribution is 2.28. The van der Waals surface area contributed by atoms with E-state index in [0.29, 0.717) is 0 Å². The molecule has 17 heavy (non-hydrogen) atoms. The topological polar surface area (TPSA) is 17.8 Å². The average Bonchev–Trinajstić information content (AvgIpc) is 2.61. The molecule has 1 heterocycles. The highest BCUT2D eigenvalue weighted by atomic mass is 35.5. The third kappa shape index (κ3) is 2.37. The lowest BCUT2D eigenvalue weighted by Gasteiger charge is -2.21. The van der Waals surface area contributed by atoms with E-state index in [1.54, 1.807) is 0 Å². The summed E-state index contributed by atoms with van der Waals surface area (Å²) in [6.45, 7) is 8.69. The minimum atomic E-state index is 0.0697. The molecule has 0 atom stereocenters. The number of benzene rings is 1. The van der Waals surface area contributed by atoms with Gasteiger partial charge < -0.3 is 0 Å². The Kier molecular flexibility index (Phi) is 3.00. The highest BCUT2D eigenvalue weighted by molar-refractivity contribution is 6.30. The van der Waals surface area contributed by atoms with Gasteiger partial charge in [-0.05, 0) is 36.8 Å². The summed E-state index contributed by atoms with van der Waals surface area (Å²) < 4.78 is 1.99. The van der Waals surface area contributed by atoms with E-state index in [1.165, 1.54) is 11.3 Å². The maximum atomic E-state index is 5.90. The fourth-order valence-corrected chi connectivity index (χ4v) is 2.24. The molecule has 0 unspecified atom stereocenters. The molecule has 1 aromatic carbocycles. The van der Waals surface area contributed by atoms with Gasteiger partial charge in [0.05, 0.1) is 17.6 Å². The average molecular weight is 249 g/mol. The van der Waals surface area contributed by atoms with E-state index in [4.69, 9.17) is 11.6 Å². The van der Waals surface area contributed by atoms with E-state index in [0.717, 1.165) is 10.7 Å². The Hall–Kier alpha value is -1.28. The Labute approximate surface area is 107 Å². The highest BCUT2D eigenvalue weighted by Gasteiger charge is 2.22. The molecule has 0 radical (unpaired) electrons. The number of aryl methyl sites for hydroxylation is 1. The van der Waals surface area contributed by atoms with Crippen LogP contribution in [0.3, 0.4) is 0 Å². The van der Waals surface area contributed by atoms with Crippen molar-refractivity contribution in [3.63, 3.8) is 0 Å². The van der Waals surface area contributed by atoms with Gasteiger partial charge in [0.25, 0.3) is 0 Å². The summed E-state index contributed by atoms with van der Waals surface area (Å²) in [7, 11) is 0. The fourth-order valence-electron chi connectivity index (χ4n) is 2.12. The quantitative estimate of drug-likeness (QED) is 0.742. The monoisotopic (exact) mass is 248 g/mol. The molecule has 0 spiro atoms. The van der Waals surface area contributed by atoms with Gasteiger partial charge in [-0.3, -0.25) is 0 Å². The molecule has 0 aliphatic carbocycles. The van der Waals surface area contributed by atoms with Crippen LogP contribution < -0.4 is 0 Å². The third-order valence-electron chi connectivity index (χ3n) is 2.73. The van der Waals surface area contributed by atoms with Crippen LogP contribution in [-0.2, 0) is 5.41 Å². The van der Waals surface area contributed by atoms with Crippen molar-refractivity contribution in [1.82, 2.24) is 9.78 Å². The van der Waals surface area contributed by atoms with Crippen molar-refractivity contribution in [3.8, 4) is 5.69 Å². The van der Waals surface area contributed by atoms with Crippen molar-refractivity contribution in [2.75, 3.05) is 0 Å². The summed E-state index contributed by atoms with van der Waals surface area (Å²) in [5, 5.41) is 5.20. The number of hydrogen-bond donors (Lipinski definition) is 0. The van der Waals surface area contributed by atoms with Crippen LogP contribution in [0, 0.1) is 6.92 Å². The van der Waals surface area contributed by atoms with Crippen LogP contribution in [0.15, 0.2) is 30.5 Å². The molecule has 0 aliphatic rings. The maximum Gasteiger partial charge on any atom is 0.0650 e. The van der Waals surface area contributed by atoms with Crippen LogP contribution in [-0.4, -0.2) is 9.78 Å². The zero-order chi connectivity index (χ0) is 12.6. The zero-order valence-corrected chi connectivity index (χ0v) is 11.4. The van der Waals surface area contributed by atoms with Crippen LogP contribution in [0.1, 0.15) is 32.0 Å². The molecular weight excluding hydrogens is 232 g/mol. The van der Waals surface area contributed by atoms with E-state index >= 15 is 0 Å². The van der Waals surface area contributed by atoms with Gasteiger partial charge in [0, 0.05) is 10.4 Å². The van der Waals surface area contributed by atoms with Crippen molar-refractivity contribution in [1.29, 1.82) is 0 Å². The van der Waals surface area contributed by atoms with E-state index in [9.17, 15) is 0 Å². The first-order chi connectivity index (χ1) is 7.89. The first kappa shape index (κ1) is 12.2. The molecule has 0 saturated heterocycles.